The van der Waals surface area contributed by atoms with Gasteiger partial charge in [-0.15, -0.1) is 0 Å². The molecule has 0 radical (unpaired) electrons. The fraction of sp³-hybridized carbons (Fsp3) is 0.185. The summed E-state index contributed by atoms with van der Waals surface area (Å²) >= 11 is 0. The number of benzene rings is 3. The number of ether oxygens (including phenoxy) is 1. The lowest BCUT2D eigenvalue weighted by molar-refractivity contribution is -0.132. The van der Waals surface area contributed by atoms with Crippen LogP contribution in [0.15, 0.2) is 72.3 Å². The van der Waals surface area contributed by atoms with Crippen molar-refractivity contribution in [1.82, 2.24) is 0 Å². The fourth-order valence-electron chi connectivity index (χ4n) is 4.05. The van der Waals surface area contributed by atoms with Gasteiger partial charge in [-0.05, 0) is 74.4 Å². The van der Waals surface area contributed by atoms with Crippen molar-refractivity contribution in [1.29, 1.82) is 0 Å². The third-order valence-corrected chi connectivity index (χ3v) is 5.71. The number of amides is 1. The average molecular weight is 443 g/mol. The molecular formula is C27H25NO5. The number of nitrogens with zero attached hydrogens (tertiary/aromatic N) is 1. The smallest absolute Gasteiger partial charge is 0.300 e. The van der Waals surface area contributed by atoms with E-state index in [0.717, 1.165) is 11.1 Å². The largest absolute Gasteiger partial charge is 0.508 e. The maximum atomic E-state index is 13.2. The zero-order valence-corrected chi connectivity index (χ0v) is 18.7. The zero-order chi connectivity index (χ0) is 23.7. The van der Waals surface area contributed by atoms with Gasteiger partial charge in [0, 0.05) is 11.3 Å². The molecule has 3 aromatic carbocycles. The van der Waals surface area contributed by atoms with Crippen LogP contribution in [0.2, 0.25) is 0 Å². The number of anilines is 1. The number of carbonyl (C=O) groups is 2. The van der Waals surface area contributed by atoms with Crippen LogP contribution in [0, 0.1) is 13.8 Å². The maximum absolute atomic E-state index is 13.2. The number of aliphatic hydroxyl groups excluding tert-OH is 1. The maximum Gasteiger partial charge on any atom is 0.300 e. The number of aryl methyl sites for hydroxylation is 2. The number of aliphatic hydroxyl groups is 1. The topological polar surface area (TPSA) is 87.1 Å². The Bertz CT molecular complexity index is 1240. The lowest BCUT2D eigenvalue weighted by atomic mass is 9.94. The summed E-state index contributed by atoms with van der Waals surface area (Å²) in [6.45, 7) is 6.18. The highest BCUT2D eigenvalue weighted by molar-refractivity contribution is 6.51. The third kappa shape index (κ3) is 4.07. The number of hydrogen-bond acceptors (Lipinski definition) is 5. The average Bonchev–Trinajstić information content (AvgIpc) is 3.06. The van der Waals surface area contributed by atoms with E-state index in [9.17, 15) is 19.8 Å². The van der Waals surface area contributed by atoms with Crippen molar-refractivity contribution in [2.75, 3.05) is 11.5 Å². The van der Waals surface area contributed by atoms with Crippen LogP contribution >= 0.6 is 0 Å². The molecule has 1 unspecified atom stereocenters. The highest BCUT2D eigenvalue weighted by Crippen LogP contribution is 2.42. The summed E-state index contributed by atoms with van der Waals surface area (Å²) in [5, 5.41) is 21.0. The molecule has 2 N–H and O–H groups in total. The Hall–Kier alpha value is -4.06. The monoisotopic (exact) mass is 443 g/mol. The predicted octanol–water partition coefficient (Wildman–Crippen LogP) is 5.03. The lowest BCUT2D eigenvalue weighted by Crippen LogP contribution is -2.29. The van der Waals surface area contributed by atoms with Gasteiger partial charge in [-0.25, -0.2) is 0 Å². The van der Waals surface area contributed by atoms with E-state index in [0.29, 0.717) is 29.2 Å². The van der Waals surface area contributed by atoms with Crippen LogP contribution in [-0.2, 0) is 9.59 Å². The molecule has 33 heavy (non-hydrogen) atoms. The number of hydrogen-bond donors (Lipinski definition) is 2. The van der Waals surface area contributed by atoms with Gasteiger partial charge >= 0.3 is 0 Å². The summed E-state index contributed by atoms with van der Waals surface area (Å²) in [6.07, 6.45) is 0. The minimum atomic E-state index is -0.847. The molecule has 3 aromatic rings. The molecule has 1 amide bonds. The first-order valence-corrected chi connectivity index (χ1v) is 10.7. The van der Waals surface area contributed by atoms with Crippen molar-refractivity contribution in [2.45, 2.75) is 26.8 Å². The lowest BCUT2D eigenvalue weighted by Gasteiger charge is -2.25. The Balaban J connectivity index is 1.90. The van der Waals surface area contributed by atoms with E-state index in [1.807, 2.05) is 32.9 Å². The SMILES string of the molecule is CCOc1ccc(/C(O)=C2/C(=O)C(=O)N(c3ccc(C)cc3)C2c2ccc(O)cc2)cc1C. The van der Waals surface area contributed by atoms with Gasteiger partial charge in [-0.1, -0.05) is 29.8 Å². The van der Waals surface area contributed by atoms with E-state index < -0.39 is 17.7 Å². The summed E-state index contributed by atoms with van der Waals surface area (Å²) < 4.78 is 5.57. The van der Waals surface area contributed by atoms with Gasteiger partial charge in [-0.3, -0.25) is 14.5 Å². The van der Waals surface area contributed by atoms with Crippen molar-refractivity contribution in [2.24, 2.45) is 0 Å². The predicted molar refractivity (Wildman–Crippen MR) is 126 cm³/mol. The number of aromatic hydroxyl groups is 1. The van der Waals surface area contributed by atoms with Crippen LogP contribution in [0.25, 0.3) is 5.76 Å². The van der Waals surface area contributed by atoms with Crippen LogP contribution in [0.3, 0.4) is 0 Å². The molecule has 1 atom stereocenters. The summed E-state index contributed by atoms with van der Waals surface area (Å²) in [4.78, 5) is 27.7. The Morgan fingerprint density at radius 3 is 2.24 bits per heavy atom. The summed E-state index contributed by atoms with van der Waals surface area (Å²) in [7, 11) is 0. The van der Waals surface area contributed by atoms with Crippen molar-refractivity contribution < 1.29 is 24.5 Å². The van der Waals surface area contributed by atoms with Gasteiger partial charge < -0.3 is 14.9 Å². The van der Waals surface area contributed by atoms with Crippen molar-refractivity contribution >= 4 is 23.1 Å². The molecule has 6 nitrogen and oxygen atoms in total. The molecular weight excluding hydrogens is 418 g/mol. The van der Waals surface area contributed by atoms with E-state index in [4.69, 9.17) is 4.74 Å². The summed E-state index contributed by atoms with van der Waals surface area (Å²) in [6, 6.07) is 17.8. The molecule has 1 saturated heterocycles. The molecule has 0 saturated carbocycles. The minimum Gasteiger partial charge on any atom is -0.508 e. The first-order chi connectivity index (χ1) is 15.8. The Labute approximate surface area is 192 Å². The van der Waals surface area contributed by atoms with E-state index >= 15 is 0 Å². The van der Waals surface area contributed by atoms with Crippen LogP contribution in [0.1, 0.15) is 35.2 Å². The second-order valence-electron chi connectivity index (χ2n) is 8.01. The van der Waals surface area contributed by atoms with E-state index in [1.165, 1.54) is 17.0 Å². The van der Waals surface area contributed by atoms with E-state index in [-0.39, 0.29) is 17.1 Å². The van der Waals surface area contributed by atoms with Crippen molar-refractivity contribution in [3.63, 3.8) is 0 Å². The van der Waals surface area contributed by atoms with Crippen LogP contribution in [-0.4, -0.2) is 28.5 Å². The fourth-order valence-corrected chi connectivity index (χ4v) is 4.05. The number of phenols is 1. The van der Waals surface area contributed by atoms with Gasteiger partial charge in [0.25, 0.3) is 11.7 Å². The number of rotatable bonds is 5. The zero-order valence-electron chi connectivity index (χ0n) is 18.7. The van der Waals surface area contributed by atoms with Gasteiger partial charge in [0.1, 0.15) is 17.3 Å². The second-order valence-corrected chi connectivity index (χ2v) is 8.01. The van der Waals surface area contributed by atoms with Crippen LogP contribution in [0.5, 0.6) is 11.5 Å². The molecule has 0 aliphatic carbocycles. The third-order valence-electron chi connectivity index (χ3n) is 5.71. The van der Waals surface area contributed by atoms with E-state index in [1.54, 1.807) is 42.5 Å². The van der Waals surface area contributed by atoms with Gasteiger partial charge in [0.15, 0.2) is 0 Å². The van der Waals surface area contributed by atoms with Crippen LogP contribution in [0.4, 0.5) is 5.69 Å². The van der Waals surface area contributed by atoms with Gasteiger partial charge in [0.05, 0.1) is 18.2 Å². The van der Waals surface area contributed by atoms with Crippen LogP contribution < -0.4 is 9.64 Å². The molecule has 168 valence electrons. The normalized spacial score (nSPS) is 17.4. The molecule has 4 rings (SSSR count). The minimum absolute atomic E-state index is 0.00479. The molecule has 1 heterocycles. The quantitative estimate of drug-likeness (QED) is 0.328. The molecule has 1 aliphatic heterocycles. The molecule has 1 fully saturated rings. The number of ketones is 1. The number of carbonyl (C=O) groups excluding carboxylic acids is 2. The summed E-state index contributed by atoms with van der Waals surface area (Å²) in [5.74, 6) is -0.997. The van der Waals surface area contributed by atoms with Gasteiger partial charge in [0.2, 0.25) is 0 Å². The highest BCUT2D eigenvalue weighted by atomic mass is 16.5. The Morgan fingerprint density at radius 2 is 1.64 bits per heavy atom. The second kappa shape index (κ2) is 8.82. The molecule has 1 aliphatic rings. The Kier molecular flexibility index (Phi) is 5.92. The molecule has 0 bridgehead atoms. The first kappa shape index (κ1) is 22.1. The van der Waals surface area contributed by atoms with Crippen molar-refractivity contribution in [3.8, 4) is 11.5 Å². The summed E-state index contributed by atoms with van der Waals surface area (Å²) in [5.41, 5.74) is 3.37. The Morgan fingerprint density at radius 1 is 0.970 bits per heavy atom. The van der Waals surface area contributed by atoms with E-state index in [2.05, 4.69) is 0 Å². The standard InChI is InChI=1S/C27H25NO5/c1-4-33-22-14-9-19(15-17(22)3)25(30)23-24(18-7-12-21(29)13-8-18)28(27(32)26(23)31)20-10-5-16(2)6-11-20/h5-15,24,29-30H,4H2,1-3H3/b25-23-. The molecule has 0 spiro atoms. The molecule has 0 aromatic heterocycles. The highest BCUT2D eigenvalue weighted by Gasteiger charge is 2.47. The first-order valence-electron chi connectivity index (χ1n) is 10.7. The number of phenolic OH excluding ortho intramolecular Hbond substituents is 1. The van der Waals surface area contributed by atoms with Gasteiger partial charge in [-0.2, -0.15) is 0 Å². The molecule has 6 heteroatoms. The van der Waals surface area contributed by atoms with Crippen molar-refractivity contribution in [3.05, 3.63) is 94.6 Å². The number of Topliss-reactive ketones (excluding diaryl/α,β-unsaturated/α-hetero) is 1.